The third-order valence-electron chi connectivity index (χ3n) is 13.7. The van der Waals surface area contributed by atoms with E-state index < -0.39 is 109 Å². The second-order valence-electron chi connectivity index (χ2n) is 23.1. The zero-order valence-corrected chi connectivity index (χ0v) is 56.4. The van der Waals surface area contributed by atoms with Crippen LogP contribution in [0.1, 0.15) is 106 Å². The number of carbonyl (C=O) groups is 8. The molecule has 0 spiro atoms. The first-order valence-corrected chi connectivity index (χ1v) is 34.4. The summed E-state index contributed by atoms with van der Waals surface area (Å²) in [5, 5.41) is 21.2. The van der Waals surface area contributed by atoms with Crippen LogP contribution in [0.15, 0.2) is 47.6 Å². The average Bonchev–Trinajstić information content (AvgIpc) is 1.84. The molecule has 7 atom stereocenters. The van der Waals surface area contributed by atoms with Crippen molar-refractivity contribution in [3.05, 3.63) is 53.1 Å². The third kappa shape index (κ3) is 34.5. The summed E-state index contributed by atoms with van der Waals surface area (Å²) in [6, 6.07) is 3.47. The van der Waals surface area contributed by atoms with Gasteiger partial charge in [-0.25, -0.2) is 19.2 Å². The summed E-state index contributed by atoms with van der Waals surface area (Å²) in [6.45, 7) is 24.9. The van der Waals surface area contributed by atoms with E-state index in [9.17, 15) is 43.5 Å². The number of amides is 6. The molecule has 0 aromatic heterocycles. The monoisotopic (exact) mass is 1290 g/mol. The highest BCUT2D eigenvalue weighted by molar-refractivity contribution is 6.76. The molecule has 5 N–H and O–H groups in total. The van der Waals surface area contributed by atoms with Gasteiger partial charge in [0.2, 0.25) is 21.5 Å². The standard InChI is InChI=1S/C60H99Cl3N6O16Si/c1-15-41(5)51(57(76)83-39-60(61,62)63)67-50(70)38-68(10)55(74)48(69(11)54(73)45(9)66-53(72)49(36-40(3)4)85-56(75)44(8)21-17-20-43(7)52(71)42(6)16-2)37-46-22-24-47(25-23-46)84-59(78)65-27-19-29-80-31-33-81-32-30-79-28-18-26-64-58(77)82-34-35-86(12,13)14/h16,21-25,40-41,43,45,48-49,51-52,71H,15,17-20,26-39H2,1-14H3,(H,64,77)(H,65,78)(H,66,72)(H,67,70)/b42-16+,44-21+/t41-,43+,45+,48-,49-,51+,52-/m1/s1. The second-order valence-corrected chi connectivity index (χ2v) is 31.2. The van der Waals surface area contributed by atoms with E-state index in [4.69, 9.17) is 68.0 Å². The van der Waals surface area contributed by atoms with Crippen molar-refractivity contribution in [3.63, 3.8) is 0 Å². The maximum absolute atomic E-state index is 14.5. The van der Waals surface area contributed by atoms with Gasteiger partial charge in [-0.3, -0.25) is 19.2 Å². The Bertz CT molecular complexity index is 2320. The average molecular weight is 1290 g/mol. The molecule has 86 heavy (non-hydrogen) atoms. The summed E-state index contributed by atoms with van der Waals surface area (Å²) in [7, 11) is 1.47. The Kier molecular flexibility index (Phi) is 38.6. The number of aliphatic hydroxyl groups is 1. The van der Waals surface area contributed by atoms with Crippen molar-refractivity contribution in [2.75, 3.05) is 86.6 Å². The van der Waals surface area contributed by atoms with Gasteiger partial charge in [0.05, 0.1) is 45.7 Å². The van der Waals surface area contributed by atoms with Crippen LogP contribution in [0.2, 0.25) is 25.7 Å². The van der Waals surface area contributed by atoms with Crippen LogP contribution in [0.3, 0.4) is 0 Å². The molecular formula is C60H99Cl3N6O16Si. The molecule has 0 bridgehead atoms. The van der Waals surface area contributed by atoms with Crippen LogP contribution < -0.4 is 26.0 Å². The SMILES string of the molecule is C/C=C(\C)[C@@H](O)[C@@H](C)CC/C=C(\C)C(=O)O[C@H](CC(C)C)C(=O)N[C@@H](C)C(=O)N(C)[C@H](Cc1ccc(OC(=O)NCCCOCCOCCOCCCNC(=O)OCC[Si](C)(C)C)cc1)C(=O)N(C)CC(=O)N[C@H](C(=O)OCC(Cl)(Cl)Cl)[C@H](C)CC. The zero-order valence-electron chi connectivity index (χ0n) is 53.1. The number of aliphatic hydroxyl groups excluding tert-OH is 1. The van der Waals surface area contributed by atoms with Gasteiger partial charge >= 0.3 is 24.1 Å². The van der Waals surface area contributed by atoms with Crippen LogP contribution in [-0.2, 0) is 63.6 Å². The van der Waals surface area contributed by atoms with Gasteiger partial charge in [0, 0.05) is 60.5 Å². The van der Waals surface area contributed by atoms with Gasteiger partial charge in [-0.05, 0) is 107 Å². The highest BCUT2D eigenvalue weighted by Crippen LogP contribution is 2.27. The zero-order chi connectivity index (χ0) is 65.2. The van der Waals surface area contributed by atoms with Crippen molar-refractivity contribution in [3.8, 4) is 5.75 Å². The normalized spacial score (nSPS) is 14.5. The molecule has 0 unspecified atom stereocenters. The van der Waals surface area contributed by atoms with Crippen molar-refractivity contribution in [1.82, 2.24) is 31.1 Å². The van der Waals surface area contributed by atoms with E-state index in [1.165, 1.54) is 33.2 Å². The number of carbonyl (C=O) groups excluding carboxylic acids is 8. The first kappa shape index (κ1) is 79.0. The number of halogens is 3. The van der Waals surface area contributed by atoms with Crippen LogP contribution in [0.4, 0.5) is 9.59 Å². The highest BCUT2D eigenvalue weighted by atomic mass is 35.6. The summed E-state index contributed by atoms with van der Waals surface area (Å²) in [4.78, 5) is 109. The molecule has 0 saturated heterocycles. The largest absolute Gasteiger partial charge is 0.460 e. The quantitative estimate of drug-likeness (QED) is 0.00788. The Morgan fingerprint density at radius 2 is 1.33 bits per heavy atom. The molecule has 26 heteroatoms. The first-order chi connectivity index (χ1) is 40.3. The van der Waals surface area contributed by atoms with E-state index in [1.807, 2.05) is 40.7 Å². The van der Waals surface area contributed by atoms with Crippen LogP contribution in [-0.4, -0.2) is 191 Å². The number of benzene rings is 1. The lowest BCUT2D eigenvalue weighted by Crippen LogP contribution is -2.56. The molecule has 1 aromatic carbocycles. The van der Waals surface area contributed by atoms with Crippen molar-refractivity contribution < 1.29 is 76.6 Å². The highest BCUT2D eigenvalue weighted by Gasteiger charge is 2.36. The molecule has 0 radical (unpaired) electrons. The topological polar surface area (TPSA) is 276 Å². The van der Waals surface area contributed by atoms with Crippen molar-refractivity contribution in [2.24, 2.45) is 17.8 Å². The number of nitrogens with zero attached hydrogens (tertiary/aromatic N) is 2. The summed E-state index contributed by atoms with van der Waals surface area (Å²) >= 11 is 17.4. The van der Waals surface area contributed by atoms with E-state index in [-0.39, 0.29) is 42.5 Å². The fourth-order valence-electron chi connectivity index (χ4n) is 8.01. The Labute approximate surface area is 526 Å². The van der Waals surface area contributed by atoms with Crippen molar-refractivity contribution in [1.29, 1.82) is 0 Å². The molecule has 6 amide bonds. The fourth-order valence-corrected chi connectivity index (χ4v) is 8.89. The van der Waals surface area contributed by atoms with Crippen LogP contribution >= 0.6 is 34.8 Å². The molecule has 0 saturated carbocycles. The minimum Gasteiger partial charge on any atom is -0.460 e. The van der Waals surface area contributed by atoms with Gasteiger partial charge in [0.25, 0.3) is 5.91 Å². The minimum absolute atomic E-state index is 0.0671. The van der Waals surface area contributed by atoms with Gasteiger partial charge in [-0.1, -0.05) is 120 Å². The molecule has 0 aliphatic rings. The van der Waals surface area contributed by atoms with Gasteiger partial charge in [-0.2, -0.15) is 0 Å². The van der Waals surface area contributed by atoms with Crippen molar-refractivity contribution >= 4 is 90.6 Å². The summed E-state index contributed by atoms with van der Waals surface area (Å²) in [5.41, 5.74) is 1.65. The van der Waals surface area contributed by atoms with Gasteiger partial charge < -0.3 is 69.3 Å². The van der Waals surface area contributed by atoms with Crippen LogP contribution in [0, 0.1) is 17.8 Å². The molecule has 0 heterocycles. The predicted molar refractivity (Wildman–Crippen MR) is 335 cm³/mol. The van der Waals surface area contributed by atoms with E-state index in [0.717, 1.165) is 21.4 Å². The molecule has 490 valence electrons. The maximum atomic E-state index is 14.5. The predicted octanol–water partition coefficient (Wildman–Crippen LogP) is 8.09. The first-order valence-electron chi connectivity index (χ1n) is 29.5. The number of likely N-dealkylation sites (N-methyl/N-ethyl adjacent to an activating group) is 2. The van der Waals surface area contributed by atoms with E-state index in [0.29, 0.717) is 90.5 Å². The molecule has 0 aliphatic heterocycles. The number of alkyl halides is 3. The number of esters is 2. The van der Waals surface area contributed by atoms with Crippen LogP contribution in [0.25, 0.3) is 0 Å². The lowest BCUT2D eigenvalue weighted by molar-refractivity contribution is -0.154. The van der Waals surface area contributed by atoms with E-state index in [1.54, 1.807) is 39.0 Å². The van der Waals surface area contributed by atoms with Gasteiger partial charge in [0.15, 0.2) is 6.10 Å². The molecule has 0 aliphatic carbocycles. The number of rotatable bonds is 41. The number of nitrogens with one attached hydrogen (secondary N) is 4. The van der Waals surface area contributed by atoms with Gasteiger partial charge in [0.1, 0.15) is 30.5 Å². The van der Waals surface area contributed by atoms with E-state index >= 15 is 0 Å². The molecule has 22 nitrogen and oxygen atoms in total. The van der Waals surface area contributed by atoms with Crippen molar-refractivity contribution in [2.45, 2.75) is 167 Å². The Morgan fingerprint density at radius 3 is 1.86 bits per heavy atom. The van der Waals surface area contributed by atoms with Crippen LogP contribution in [0.5, 0.6) is 5.75 Å². The Hall–Kier alpha value is -5.01. The number of alkyl carbamates (subject to hydrolysis) is 1. The maximum Gasteiger partial charge on any atom is 0.412 e. The van der Waals surface area contributed by atoms with Gasteiger partial charge in [-0.15, -0.1) is 0 Å². The molecule has 0 fully saturated rings. The Balaban J connectivity index is 3.03. The summed E-state index contributed by atoms with van der Waals surface area (Å²) in [5.74, 6) is -4.80. The lowest BCUT2D eigenvalue weighted by Gasteiger charge is -2.33. The third-order valence-corrected chi connectivity index (χ3v) is 15.7. The molecule has 1 rings (SSSR count). The second kappa shape index (κ2) is 42.0. The number of ether oxygens (including phenoxy) is 7. The fraction of sp³-hybridized carbons (Fsp3) is 0.700. The smallest absolute Gasteiger partial charge is 0.412 e. The number of hydrogen-bond donors (Lipinski definition) is 5. The van der Waals surface area contributed by atoms with E-state index in [2.05, 4.69) is 40.9 Å². The Morgan fingerprint density at radius 1 is 0.756 bits per heavy atom. The molecular weight excluding hydrogens is 1200 g/mol. The number of allylic oxidation sites excluding steroid dienone is 2. The summed E-state index contributed by atoms with van der Waals surface area (Å²) < 4.78 is 36.3. The lowest BCUT2D eigenvalue weighted by atomic mass is 9.93. The molecule has 1 aromatic rings. The number of hydrogen-bond acceptors (Lipinski definition) is 16. The minimum atomic E-state index is -1.90. The summed E-state index contributed by atoms with van der Waals surface area (Å²) in [6.07, 6.45) is 3.23.